The van der Waals surface area contributed by atoms with Gasteiger partial charge in [0, 0.05) is 17.8 Å². The quantitative estimate of drug-likeness (QED) is 0.830. The van der Waals surface area contributed by atoms with E-state index in [2.05, 4.69) is 33.0 Å². The average molecular weight is 383 g/mol. The van der Waals surface area contributed by atoms with E-state index in [1.165, 1.54) is 10.0 Å². The van der Waals surface area contributed by atoms with E-state index in [4.69, 9.17) is 11.6 Å². The van der Waals surface area contributed by atoms with Crippen LogP contribution in [0.1, 0.15) is 27.7 Å². The van der Waals surface area contributed by atoms with Gasteiger partial charge in [0.15, 0.2) is 0 Å². The SMILES string of the molecule is CC(C)C1SC(C)(C)C2N1C(=O)N(C)N2C(=O)Nc1cccc(Cl)c1. The normalized spacial score (nSPS) is 24.9. The molecule has 6 nitrogen and oxygen atoms in total. The van der Waals surface area contributed by atoms with Crippen molar-refractivity contribution in [2.45, 2.75) is 44.0 Å². The molecule has 0 saturated carbocycles. The van der Waals surface area contributed by atoms with Gasteiger partial charge < -0.3 is 5.32 Å². The van der Waals surface area contributed by atoms with E-state index in [1.54, 1.807) is 43.1 Å². The lowest BCUT2D eigenvalue weighted by Gasteiger charge is -2.34. The average Bonchev–Trinajstić information content (AvgIpc) is 2.93. The van der Waals surface area contributed by atoms with Crippen molar-refractivity contribution in [3.05, 3.63) is 29.3 Å². The zero-order valence-electron chi connectivity index (χ0n) is 15.0. The molecule has 0 aromatic heterocycles. The van der Waals surface area contributed by atoms with Crippen LogP contribution in [0.4, 0.5) is 15.3 Å². The number of carbonyl (C=O) groups is 2. The van der Waals surface area contributed by atoms with Crippen molar-refractivity contribution in [3.8, 4) is 0 Å². The predicted octanol–water partition coefficient (Wildman–Crippen LogP) is 4.29. The summed E-state index contributed by atoms with van der Waals surface area (Å²) in [4.78, 5) is 27.6. The van der Waals surface area contributed by atoms with Crippen molar-refractivity contribution in [2.75, 3.05) is 12.4 Å². The lowest BCUT2D eigenvalue weighted by Crippen LogP contribution is -2.53. The van der Waals surface area contributed by atoms with Crippen molar-refractivity contribution in [3.63, 3.8) is 0 Å². The van der Waals surface area contributed by atoms with Crippen molar-refractivity contribution in [1.29, 1.82) is 0 Å². The Morgan fingerprint density at radius 2 is 2.04 bits per heavy atom. The summed E-state index contributed by atoms with van der Waals surface area (Å²) >= 11 is 7.73. The standard InChI is InChI=1S/C17H23ClN4O2S/c1-10(2)13-21-14(17(3,4)25-13)22(20(5)16(21)24)15(23)19-12-8-6-7-11(18)9-12/h6-10,13-14H,1-5H3,(H,19,23). The van der Waals surface area contributed by atoms with E-state index in [0.29, 0.717) is 16.6 Å². The Morgan fingerprint density at radius 1 is 1.36 bits per heavy atom. The second-order valence-corrected chi connectivity index (χ2v) is 9.44. The number of thioether (sulfide) groups is 1. The highest BCUT2D eigenvalue weighted by Gasteiger charge is 2.60. The molecule has 0 spiro atoms. The van der Waals surface area contributed by atoms with E-state index in [9.17, 15) is 9.59 Å². The number of halogens is 1. The molecule has 8 heteroatoms. The third-order valence-corrected chi connectivity index (χ3v) is 6.56. The first-order chi connectivity index (χ1) is 11.6. The van der Waals surface area contributed by atoms with Crippen LogP contribution in [-0.2, 0) is 0 Å². The fourth-order valence-electron chi connectivity index (χ4n) is 3.40. The molecule has 1 aromatic rings. The summed E-state index contributed by atoms with van der Waals surface area (Å²) < 4.78 is -0.277. The number of hydrogen-bond acceptors (Lipinski definition) is 3. The lowest BCUT2D eigenvalue weighted by atomic mass is 10.1. The van der Waals surface area contributed by atoms with Crippen molar-refractivity contribution in [2.24, 2.45) is 5.92 Å². The third-order valence-electron chi connectivity index (χ3n) is 4.49. The van der Waals surface area contributed by atoms with Gasteiger partial charge in [-0.3, -0.25) is 4.90 Å². The van der Waals surface area contributed by atoms with Gasteiger partial charge in [0.05, 0.1) is 10.1 Å². The third kappa shape index (κ3) is 3.04. The molecule has 136 valence electrons. The van der Waals surface area contributed by atoms with Crippen LogP contribution < -0.4 is 5.32 Å². The van der Waals surface area contributed by atoms with Gasteiger partial charge in [-0.25, -0.2) is 19.6 Å². The second-order valence-electron chi connectivity index (χ2n) is 7.23. The monoisotopic (exact) mass is 382 g/mol. The minimum Gasteiger partial charge on any atom is -0.306 e. The Kier molecular flexibility index (Phi) is 4.58. The van der Waals surface area contributed by atoms with Crippen LogP contribution in [0.25, 0.3) is 0 Å². The maximum absolute atomic E-state index is 12.9. The van der Waals surface area contributed by atoms with Gasteiger partial charge in [-0.1, -0.05) is 31.5 Å². The summed E-state index contributed by atoms with van der Waals surface area (Å²) in [5.41, 5.74) is 0.598. The molecule has 4 amide bonds. The van der Waals surface area contributed by atoms with Gasteiger partial charge in [0.1, 0.15) is 6.17 Å². The molecule has 0 bridgehead atoms. The molecule has 1 N–H and O–H groups in total. The van der Waals surface area contributed by atoms with Gasteiger partial charge in [-0.05, 0) is 38.0 Å². The zero-order valence-corrected chi connectivity index (χ0v) is 16.6. The number of urea groups is 2. The molecule has 25 heavy (non-hydrogen) atoms. The Balaban J connectivity index is 1.90. The van der Waals surface area contributed by atoms with E-state index < -0.39 is 0 Å². The van der Waals surface area contributed by atoms with Gasteiger partial charge in [0.2, 0.25) is 0 Å². The maximum atomic E-state index is 12.9. The van der Waals surface area contributed by atoms with E-state index in [1.807, 2.05) is 4.90 Å². The van der Waals surface area contributed by atoms with Gasteiger partial charge >= 0.3 is 12.1 Å². The highest BCUT2D eigenvalue weighted by molar-refractivity contribution is 8.01. The summed E-state index contributed by atoms with van der Waals surface area (Å²) in [6.07, 6.45) is -0.332. The number of benzene rings is 1. The molecule has 3 rings (SSSR count). The molecule has 2 unspecified atom stereocenters. The Bertz CT molecular complexity index is 712. The van der Waals surface area contributed by atoms with Crippen molar-refractivity contribution in [1.82, 2.24) is 14.9 Å². The Labute approximate surface area is 157 Å². The van der Waals surface area contributed by atoms with Crippen LogP contribution in [-0.4, -0.2) is 50.3 Å². The molecule has 2 heterocycles. The first-order valence-electron chi connectivity index (χ1n) is 8.23. The molecule has 2 atom stereocenters. The number of rotatable bonds is 2. The second kappa shape index (κ2) is 6.29. The Morgan fingerprint density at radius 3 is 2.64 bits per heavy atom. The van der Waals surface area contributed by atoms with E-state index in [0.717, 1.165) is 0 Å². The van der Waals surface area contributed by atoms with Crippen LogP contribution in [0.15, 0.2) is 24.3 Å². The maximum Gasteiger partial charge on any atom is 0.342 e. The first-order valence-corrected chi connectivity index (χ1v) is 9.49. The number of carbonyl (C=O) groups excluding carboxylic acids is 2. The summed E-state index contributed by atoms with van der Waals surface area (Å²) in [7, 11) is 1.64. The van der Waals surface area contributed by atoms with Crippen LogP contribution in [0.3, 0.4) is 0 Å². The van der Waals surface area contributed by atoms with Crippen LogP contribution in [0, 0.1) is 5.92 Å². The van der Waals surface area contributed by atoms with Crippen LogP contribution in [0.5, 0.6) is 0 Å². The van der Waals surface area contributed by atoms with E-state index >= 15 is 0 Å². The first kappa shape index (κ1) is 18.2. The summed E-state index contributed by atoms with van der Waals surface area (Å²) in [6, 6.07) is 6.47. The number of fused-ring (bicyclic) bond motifs is 1. The predicted molar refractivity (Wildman–Crippen MR) is 101 cm³/mol. The molecule has 0 aliphatic carbocycles. The van der Waals surface area contributed by atoms with E-state index in [-0.39, 0.29) is 28.3 Å². The van der Waals surface area contributed by atoms with Crippen LogP contribution >= 0.6 is 23.4 Å². The lowest BCUT2D eigenvalue weighted by molar-refractivity contribution is 0.0569. The number of hydrazine groups is 1. The fourth-order valence-corrected chi connectivity index (χ4v) is 5.14. The van der Waals surface area contributed by atoms with Gasteiger partial charge in [0.25, 0.3) is 0 Å². The highest BCUT2D eigenvalue weighted by Crippen LogP contribution is 2.51. The van der Waals surface area contributed by atoms with Crippen molar-refractivity contribution >= 4 is 41.1 Å². The molecular weight excluding hydrogens is 360 g/mol. The largest absolute Gasteiger partial charge is 0.342 e. The number of nitrogens with zero attached hydrogens (tertiary/aromatic N) is 3. The molecule has 2 aliphatic heterocycles. The minimum absolute atomic E-state index is 0.0407. The van der Waals surface area contributed by atoms with Crippen molar-refractivity contribution < 1.29 is 9.59 Å². The number of anilines is 1. The molecule has 2 aliphatic rings. The number of hydrogen-bond donors (Lipinski definition) is 1. The highest BCUT2D eigenvalue weighted by atomic mass is 35.5. The summed E-state index contributed by atoms with van der Waals surface area (Å²) in [5.74, 6) is 0.294. The molecule has 2 saturated heterocycles. The summed E-state index contributed by atoms with van der Waals surface area (Å²) in [5, 5.41) is 6.34. The summed E-state index contributed by atoms with van der Waals surface area (Å²) in [6.45, 7) is 8.34. The van der Waals surface area contributed by atoms with Gasteiger partial charge in [-0.15, -0.1) is 11.8 Å². The Hall–Kier alpha value is -1.60. The number of amides is 4. The zero-order chi connectivity index (χ0) is 18.5. The van der Waals surface area contributed by atoms with Gasteiger partial charge in [-0.2, -0.15) is 0 Å². The molecule has 0 radical (unpaired) electrons. The smallest absolute Gasteiger partial charge is 0.306 e. The minimum atomic E-state index is -0.344. The topological polar surface area (TPSA) is 55.9 Å². The molecule has 2 fully saturated rings. The molecular formula is C17H23ClN4O2S. The fraction of sp³-hybridized carbons (Fsp3) is 0.529. The molecule has 1 aromatic carbocycles. The number of nitrogens with one attached hydrogen (secondary N) is 1. The van der Waals surface area contributed by atoms with Crippen LogP contribution in [0.2, 0.25) is 5.02 Å².